The highest BCUT2D eigenvalue weighted by molar-refractivity contribution is 7.17. The largest absolute Gasteiger partial charge is 0.296 e. The Morgan fingerprint density at radius 1 is 1.32 bits per heavy atom. The maximum Gasteiger partial charge on any atom is 0.262 e. The molecule has 0 N–H and O–H groups in total. The van der Waals surface area contributed by atoms with Crippen LogP contribution in [0.25, 0.3) is 21.3 Å². The number of aryl methyl sites for hydroxylation is 1. The average Bonchev–Trinajstić information content (AvgIpc) is 3.03. The van der Waals surface area contributed by atoms with Crippen LogP contribution in [0, 0.1) is 17.1 Å². The smallest absolute Gasteiger partial charge is 0.262 e. The van der Waals surface area contributed by atoms with E-state index in [1.165, 1.54) is 23.5 Å². The third kappa shape index (κ3) is 3.47. The highest BCUT2D eigenvalue weighted by Crippen LogP contribution is 2.31. The summed E-state index contributed by atoms with van der Waals surface area (Å²) in [6.45, 7) is 2.54. The lowest BCUT2D eigenvalue weighted by molar-refractivity contribution is 0.585. The molecule has 128 valence electrons. The number of benzene rings is 1. The monoisotopic (exact) mass is 355 g/mol. The number of nitrogens with zero attached hydrogens (tertiary/aromatic N) is 3. The number of fused-ring (bicyclic) bond motifs is 1. The molecule has 0 saturated heterocycles. The molecule has 0 saturated carbocycles. The van der Waals surface area contributed by atoms with E-state index in [4.69, 9.17) is 10.2 Å². The Hall–Kier alpha value is -2.52. The highest BCUT2D eigenvalue weighted by atomic mass is 32.1. The number of nitriles is 1. The maximum atomic E-state index is 13.2. The summed E-state index contributed by atoms with van der Waals surface area (Å²) in [5.74, 6) is 0.464. The molecule has 0 fully saturated rings. The Morgan fingerprint density at radius 3 is 2.76 bits per heavy atom. The van der Waals surface area contributed by atoms with Crippen LogP contribution in [0.1, 0.15) is 32.0 Å². The first-order valence-corrected chi connectivity index (χ1v) is 9.17. The Balaban J connectivity index is 2.16. The van der Waals surface area contributed by atoms with Gasteiger partial charge in [0.15, 0.2) is 0 Å². The van der Waals surface area contributed by atoms with E-state index in [1.54, 1.807) is 16.7 Å². The Labute approximate surface area is 149 Å². The van der Waals surface area contributed by atoms with E-state index in [2.05, 4.69) is 6.07 Å². The summed E-state index contributed by atoms with van der Waals surface area (Å²) < 4.78 is 14.9. The number of aromatic nitrogens is 2. The predicted molar refractivity (Wildman–Crippen MR) is 98.1 cm³/mol. The molecule has 4 nitrogen and oxygen atoms in total. The SMILES string of the molecule is CCCc1nc2scc(-c3ccc(F)cc3)c2c(=O)n1CCCC#N. The lowest BCUT2D eigenvalue weighted by atomic mass is 10.1. The second-order valence-corrected chi connectivity index (χ2v) is 6.69. The molecule has 0 atom stereocenters. The van der Waals surface area contributed by atoms with Crippen molar-refractivity contribution in [2.24, 2.45) is 0 Å². The third-order valence-corrected chi connectivity index (χ3v) is 4.94. The van der Waals surface area contributed by atoms with Gasteiger partial charge in [0.2, 0.25) is 0 Å². The van der Waals surface area contributed by atoms with Crippen LogP contribution in [-0.2, 0) is 13.0 Å². The molecule has 3 rings (SSSR count). The predicted octanol–water partition coefficient (Wildman–Crippen LogP) is 4.52. The molecule has 2 aromatic heterocycles. The van der Waals surface area contributed by atoms with Crippen molar-refractivity contribution in [2.75, 3.05) is 0 Å². The summed E-state index contributed by atoms with van der Waals surface area (Å²) in [5, 5.41) is 11.2. The molecule has 0 amide bonds. The second-order valence-electron chi connectivity index (χ2n) is 5.83. The summed E-state index contributed by atoms with van der Waals surface area (Å²) in [6.07, 6.45) is 2.65. The van der Waals surface area contributed by atoms with Gasteiger partial charge in [0.25, 0.3) is 5.56 Å². The van der Waals surface area contributed by atoms with Gasteiger partial charge in [-0.1, -0.05) is 19.1 Å². The van der Waals surface area contributed by atoms with Crippen LogP contribution < -0.4 is 5.56 Å². The van der Waals surface area contributed by atoms with Gasteiger partial charge in [-0.15, -0.1) is 11.3 Å². The van der Waals surface area contributed by atoms with Crippen molar-refractivity contribution in [2.45, 2.75) is 39.2 Å². The fraction of sp³-hybridized carbons (Fsp3) is 0.316. The van der Waals surface area contributed by atoms with Crippen molar-refractivity contribution < 1.29 is 4.39 Å². The van der Waals surface area contributed by atoms with Gasteiger partial charge in [-0.2, -0.15) is 5.26 Å². The van der Waals surface area contributed by atoms with E-state index < -0.39 is 0 Å². The molecule has 0 spiro atoms. The quantitative estimate of drug-likeness (QED) is 0.611. The van der Waals surface area contributed by atoms with Gasteiger partial charge in [-0.25, -0.2) is 9.37 Å². The summed E-state index contributed by atoms with van der Waals surface area (Å²) >= 11 is 1.43. The number of hydrogen-bond acceptors (Lipinski definition) is 4. The Morgan fingerprint density at radius 2 is 2.08 bits per heavy atom. The third-order valence-electron chi connectivity index (χ3n) is 4.07. The fourth-order valence-electron chi connectivity index (χ4n) is 2.87. The minimum atomic E-state index is -0.305. The zero-order valence-corrected chi connectivity index (χ0v) is 14.8. The van der Waals surface area contributed by atoms with E-state index in [0.29, 0.717) is 29.6 Å². The van der Waals surface area contributed by atoms with Crippen LogP contribution in [0.5, 0.6) is 0 Å². The van der Waals surface area contributed by atoms with Crippen LogP contribution in [0.4, 0.5) is 4.39 Å². The van der Waals surface area contributed by atoms with Gasteiger partial charge < -0.3 is 0 Å². The van der Waals surface area contributed by atoms with Gasteiger partial charge in [0.05, 0.1) is 11.5 Å². The van der Waals surface area contributed by atoms with E-state index in [0.717, 1.165) is 29.8 Å². The lowest BCUT2D eigenvalue weighted by Crippen LogP contribution is -2.25. The van der Waals surface area contributed by atoms with Gasteiger partial charge in [-0.05, 0) is 30.5 Å². The van der Waals surface area contributed by atoms with E-state index in [-0.39, 0.29) is 11.4 Å². The zero-order valence-electron chi connectivity index (χ0n) is 14.0. The molecule has 0 radical (unpaired) electrons. The zero-order chi connectivity index (χ0) is 17.8. The van der Waals surface area contributed by atoms with Gasteiger partial charge in [0, 0.05) is 30.3 Å². The minimum absolute atomic E-state index is 0.0769. The molecule has 0 aliphatic carbocycles. The van der Waals surface area contributed by atoms with Crippen LogP contribution in [0.3, 0.4) is 0 Å². The first-order chi connectivity index (χ1) is 12.2. The van der Waals surface area contributed by atoms with Crippen molar-refractivity contribution in [1.29, 1.82) is 5.26 Å². The van der Waals surface area contributed by atoms with Crippen molar-refractivity contribution in [1.82, 2.24) is 9.55 Å². The number of hydrogen-bond donors (Lipinski definition) is 0. The van der Waals surface area contributed by atoms with Gasteiger partial charge in [0.1, 0.15) is 16.5 Å². The molecular weight excluding hydrogens is 337 g/mol. The van der Waals surface area contributed by atoms with Crippen LogP contribution in [-0.4, -0.2) is 9.55 Å². The maximum absolute atomic E-state index is 13.2. The topological polar surface area (TPSA) is 58.7 Å². The van der Waals surface area contributed by atoms with Crippen molar-refractivity contribution in [3.05, 3.63) is 51.6 Å². The van der Waals surface area contributed by atoms with Crippen molar-refractivity contribution >= 4 is 21.6 Å². The van der Waals surface area contributed by atoms with Crippen molar-refractivity contribution in [3.63, 3.8) is 0 Å². The molecule has 0 aliphatic rings. The first kappa shape index (κ1) is 17.3. The summed E-state index contributed by atoms with van der Waals surface area (Å²) in [4.78, 5) is 18.5. The standard InChI is InChI=1S/C19H18FN3OS/c1-2-5-16-22-18-17(19(24)23(16)11-4-3-10-21)15(12-25-18)13-6-8-14(20)9-7-13/h6-9,12H,2-5,11H2,1H3. The second kappa shape index (κ2) is 7.58. The summed E-state index contributed by atoms with van der Waals surface area (Å²) in [5.41, 5.74) is 1.51. The van der Waals surface area contributed by atoms with Gasteiger partial charge in [-0.3, -0.25) is 9.36 Å². The molecule has 2 heterocycles. The van der Waals surface area contributed by atoms with Crippen LogP contribution in [0.15, 0.2) is 34.4 Å². The van der Waals surface area contributed by atoms with Gasteiger partial charge >= 0.3 is 0 Å². The lowest BCUT2D eigenvalue weighted by Gasteiger charge is -2.11. The normalized spacial score (nSPS) is 10.9. The number of rotatable bonds is 6. The molecule has 1 aromatic carbocycles. The van der Waals surface area contributed by atoms with Crippen LogP contribution in [0.2, 0.25) is 0 Å². The number of thiophene rings is 1. The Kier molecular flexibility index (Phi) is 5.25. The highest BCUT2D eigenvalue weighted by Gasteiger charge is 2.16. The number of halogens is 1. The summed E-state index contributed by atoms with van der Waals surface area (Å²) in [6, 6.07) is 8.25. The van der Waals surface area contributed by atoms with Crippen LogP contribution >= 0.6 is 11.3 Å². The molecule has 6 heteroatoms. The van der Waals surface area contributed by atoms with E-state index in [9.17, 15) is 9.18 Å². The van der Waals surface area contributed by atoms with E-state index >= 15 is 0 Å². The van der Waals surface area contributed by atoms with Crippen molar-refractivity contribution in [3.8, 4) is 17.2 Å². The first-order valence-electron chi connectivity index (χ1n) is 8.29. The Bertz CT molecular complexity index is 983. The molecular formula is C19H18FN3OS. The molecule has 0 aliphatic heterocycles. The molecule has 0 bridgehead atoms. The molecule has 0 unspecified atom stereocenters. The fourth-order valence-corrected chi connectivity index (χ4v) is 3.83. The van der Waals surface area contributed by atoms with E-state index in [1.807, 2.05) is 12.3 Å². The average molecular weight is 355 g/mol. The number of unbranched alkanes of at least 4 members (excludes halogenated alkanes) is 1. The molecule has 25 heavy (non-hydrogen) atoms. The molecule has 3 aromatic rings. The summed E-state index contributed by atoms with van der Waals surface area (Å²) in [7, 11) is 0. The minimum Gasteiger partial charge on any atom is -0.296 e.